The van der Waals surface area contributed by atoms with Crippen LogP contribution in [-0.4, -0.2) is 17.5 Å². The first-order valence-corrected chi connectivity index (χ1v) is 2.65. The minimum absolute atomic E-state index is 0.750. The highest BCUT2D eigenvalue weighted by molar-refractivity contribution is 5.09. The summed E-state index contributed by atoms with van der Waals surface area (Å²) in [7, 11) is 0. The molecule has 13 heavy (non-hydrogen) atoms. The zero-order chi connectivity index (χ0) is 11.3. The molecule has 7 heteroatoms. The summed E-state index contributed by atoms with van der Waals surface area (Å²) in [5.74, 6) is 0. The van der Waals surface area contributed by atoms with Crippen LogP contribution in [0.5, 0.6) is 0 Å². The highest BCUT2D eigenvalue weighted by Gasteiger charge is 2.49. The van der Waals surface area contributed by atoms with Crippen LogP contribution in [0.25, 0.3) is 0 Å². The zero-order valence-corrected chi connectivity index (χ0v) is 6.21. The van der Waals surface area contributed by atoms with Gasteiger partial charge in [0.05, 0.1) is 6.26 Å². The van der Waals surface area contributed by atoms with Crippen LogP contribution >= 0.6 is 0 Å². The predicted molar refractivity (Wildman–Crippen MR) is 34.1 cm³/mol. The second kappa shape index (κ2) is 4.78. The van der Waals surface area contributed by atoms with Crippen LogP contribution in [0.1, 0.15) is 0 Å². The number of rotatable bonds is 0. The van der Waals surface area contributed by atoms with Gasteiger partial charge in [0, 0.05) is 0 Å². The lowest BCUT2D eigenvalue weighted by atomic mass is 10.3. The van der Waals surface area contributed by atoms with Crippen molar-refractivity contribution >= 4 is 0 Å². The molecule has 0 heterocycles. The first-order chi connectivity index (χ1) is 5.57. The maximum Gasteiger partial charge on any atom is 0.420 e. The van der Waals surface area contributed by atoms with Gasteiger partial charge in [-0.25, -0.2) is 0 Å². The highest BCUT2D eigenvalue weighted by atomic mass is 19.4. The fourth-order valence-electron chi connectivity index (χ4n) is 0.161. The van der Waals surface area contributed by atoms with Crippen LogP contribution in [0.4, 0.5) is 26.3 Å². The van der Waals surface area contributed by atoms with E-state index in [1.54, 1.807) is 0 Å². The standard InChI is InChI=1S/C4H2F6.C2H4O/c1-2(3(5,6)7)4(8,9)10;1-2-3/h1H2;2-3H,1H2. The van der Waals surface area contributed by atoms with Crippen LogP contribution < -0.4 is 0 Å². The summed E-state index contributed by atoms with van der Waals surface area (Å²) in [5.41, 5.74) is -2.68. The quantitative estimate of drug-likeness (QED) is 0.367. The number of hydrogen-bond acceptors (Lipinski definition) is 1. The van der Waals surface area contributed by atoms with Crippen molar-refractivity contribution in [1.29, 1.82) is 0 Å². The SMILES string of the molecule is C=C(C(F)(F)F)C(F)(F)F.C=CO. The summed E-state index contributed by atoms with van der Waals surface area (Å²) in [6.45, 7) is 4.76. The summed E-state index contributed by atoms with van der Waals surface area (Å²) >= 11 is 0. The van der Waals surface area contributed by atoms with E-state index in [4.69, 9.17) is 5.11 Å². The smallest absolute Gasteiger partial charge is 0.420 e. The Hall–Kier alpha value is -1.14. The predicted octanol–water partition coefficient (Wildman–Crippen LogP) is 3.36. The Balaban J connectivity index is 0. The second-order valence-electron chi connectivity index (χ2n) is 1.66. The third-order valence-electron chi connectivity index (χ3n) is 0.684. The molecule has 0 aliphatic carbocycles. The lowest BCUT2D eigenvalue weighted by Gasteiger charge is -2.12. The van der Waals surface area contributed by atoms with Crippen LogP contribution in [-0.2, 0) is 0 Å². The van der Waals surface area contributed by atoms with Crippen LogP contribution in [0, 0.1) is 0 Å². The van der Waals surface area contributed by atoms with Crippen molar-refractivity contribution in [3.63, 3.8) is 0 Å². The molecule has 0 aromatic carbocycles. The van der Waals surface area contributed by atoms with Crippen molar-refractivity contribution in [2.24, 2.45) is 0 Å². The molecule has 0 spiro atoms. The van der Waals surface area contributed by atoms with Crippen molar-refractivity contribution in [1.82, 2.24) is 0 Å². The van der Waals surface area contributed by atoms with E-state index in [1.807, 2.05) is 6.58 Å². The van der Waals surface area contributed by atoms with E-state index in [0.717, 1.165) is 6.26 Å². The molecule has 0 aromatic rings. The Bertz CT molecular complexity index is 161. The molecule has 1 N–H and O–H groups in total. The molecule has 0 radical (unpaired) electrons. The Morgan fingerprint density at radius 2 is 1.15 bits per heavy atom. The average molecular weight is 208 g/mol. The Kier molecular flexibility index (Phi) is 5.29. The van der Waals surface area contributed by atoms with Gasteiger partial charge in [0.1, 0.15) is 5.57 Å². The molecule has 0 rings (SSSR count). The van der Waals surface area contributed by atoms with E-state index < -0.39 is 17.9 Å². The maximum atomic E-state index is 11.1. The van der Waals surface area contributed by atoms with Crippen molar-refractivity contribution in [2.45, 2.75) is 12.4 Å². The molecule has 0 aromatic heterocycles. The van der Waals surface area contributed by atoms with Gasteiger partial charge in [-0.15, -0.1) is 0 Å². The third kappa shape index (κ3) is 7.23. The van der Waals surface area contributed by atoms with Crippen molar-refractivity contribution in [3.05, 3.63) is 25.0 Å². The Labute approximate surface area is 70.0 Å². The number of hydrogen-bond donors (Lipinski definition) is 1. The molecule has 0 amide bonds. The summed E-state index contributed by atoms with van der Waals surface area (Å²) in [6.07, 6.45) is -10.0. The topological polar surface area (TPSA) is 20.2 Å². The van der Waals surface area contributed by atoms with Crippen LogP contribution in [0.15, 0.2) is 25.0 Å². The van der Waals surface area contributed by atoms with E-state index in [1.165, 1.54) is 0 Å². The normalized spacial score (nSPS) is 11.2. The van der Waals surface area contributed by atoms with Crippen molar-refractivity contribution < 1.29 is 31.4 Å². The van der Waals surface area contributed by atoms with Crippen molar-refractivity contribution in [3.8, 4) is 0 Å². The first kappa shape index (κ1) is 14.4. The van der Waals surface area contributed by atoms with Crippen molar-refractivity contribution in [2.75, 3.05) is 0 Å². The zero-order valence-electron chi connectivity index (χ0n) is 6.21. The molecular weight excluding hydrogens is 202 g/mol. The van der Waals surface area contributed by atoms with E-state index in [9.17, 15) is 26.3 Å². The van der Waals surface area contributed by atoms with Gasteiger partial charge >= 0.3 is 12.4 Å². The molecule has 0 saturated carbocycles. The van der Waals surface area contributed by atoms with Gasteiger partial charge in [-0.1, -0.05) is 13.2 Å². The fourth-order valence-corrected chi connectivity index (χ4v) is 0.161. The van der Waals surface area contributed by atoms with Crippen LogP contribution in [0.3, 0.4) is 0 Å². The molecular formula is C6H6F6O. The summed E-state index contributed by atoms with van der Waals surface area (Å²) in [6, 6.07) is 0. The number of halogens is 6. The number of aliphatic hydroxyl groups excluding tert-OH is 1. The number of allylic oxidation sites excluding steroid dienone is 1. The first-order valence-electron chi connectivity index (χ1n) is 2.65. The average Bonchev–Trinajstić information content (AvgIpc) is 1.84. The molecule has 0 unspecified atom stereocenters. The van der Waals surface area contributed by atoms with Gasteiger partial charge in [-0.2, -0.15) is 26.3 Å². The molecule has 0 saturated heterocycles. The minimum Gasteiger partial charge on any atom is -0.516 e. The number of aliphatic hydroxyl groups is 1. The molecule has 0 atom stereocenters. The highest BCUT2D eigenvalue weighted by Crippen LogP contribution is 2.36. The molecule has 0 aliphatic rings. The fraction of sp³-hybridized carbons (Fsp3) is 0.333. The van der Waals surface area contributed by atoms with Gasteiger partial charge in [-0.05, 0) is 0 Å². The van der Waals surface area contributed by atoms with Gasteiger partial charge in [-0.3, -0.25) is 0 Å². The Morgan fingerprint density at radius 3 is 1.15 bits per heavy atom. The molecule has 78 valence electrons. The minimum atomic E-state index is -5.38. The molecule has 0 fully saturated rings. The largest absolute Gasteiger partial charge is 0.516 e. The molecule has 1 nitrogen and oxygen atoms in total. The van der Waals surface area contributed by atoms with Gasteiger partial charge in [0.2, 0.25) is 0 Å². The maximum absolute atomic E-state index is 11.1. The van der Waals surface area contributed by atoms with Crippen LogP contribution in [0.2, 0.25) is 0 Å². The molecule has 0 bridgehead atoms. The van der Waals surface area contributed by atoms with E-state index >= 15 is 0 Å². The van der Waals surface area contributed by atoms with Gasteiger partial charge < -0.3 is 5.11 Å². The lowest BCUT2D eigenvalue weighted by molar-refractivity contribution is -0.171. The number of alkyl halides is 6. The van der Waals surface area contributed by atoms with Gasteiger partial charge in [0.25, 0.3) is 0 Å². The lowest BCUT2D eigenvalue weighted by Crippen LogP contribution is -2.24. The third-order valence-corrected chi connectivity index (χ3v) is 0.684. The van der Waals surface area contributed by atoms with E-state index in [2.05, 4.69) is 6.58 Å². The van der Waals surface area contributed by atoms with Gasteiger partial charge in [0.15, 0.2) is 0 Å². The second-order valence-corrected chi connectivity index (χ2v) is 1.66. The monoisotopic (exact) mass is 208 g/mol. The summed E-state index contributed by atoms with van der Waals surface area (Å²) < 4.78 is 66.8. The summed E-state index contributed by atoms with van der Waals surface area (Å²) in [4.78, 5) is 0. The summed E-state index contributed by atoms with van der Waals surface area (Å²) in [5, 5.41) is 7.33. The Morgan fingerprint density at radius 1 is 1.00 bits per heavy atom. The van der Waals surface area contributed by atoms with E-state index in [0.29, 0.717) is 0 Å². The van der Waals surface area contributed by atoms with E-state index in [-0.39, 0.29) is 0 Å². The molecule has 0 aliphatic heterocycles.